The SMILES string of the molecule is CC(C)N1CC(=O)N(C)c2cnc(Nc3cc(NC(=O)NC[C@@H]4CCN(C(=O)O)C4)cc(S(C)(=O)=O)c3)nc21. The van der Waals surface area contributed by atoms with Gasteiger partial charge in [-0.1, -0.05) is 0 Å². The predicted molar refractivity (Wildman–Crippen MR) is 145 cm³/mol. The molecule has 210 valence electrons. The normalized spacial score (nSPS) is 17.3. The monoisotopic (exact) mass is 560 g/mol. The Morgan fingerprint density at radius 1 is 1.21 bits per heavy atom. The Labute approximate surface area is 226 Å². The van der Waals surface area contributed by atoms with Crippen molar-refractivity contribution in [2.45, 2.75) is 31.2 Å². The van der Waals surface area contributed by atoms with Crippen LogP contribution < -0.4 is 25.8 Å². The second-order valence-corrected chi connectivity index (χ2v) is 12.0. The van der Waals surface area contributed by atoms with Gasteiger partial charge in [0.05, 0.1) is 17.6 Å². The van der Waals surface area contributed by atoms with Gasteiger partial charge in [-0.15, -0.1) is 0 Å². The van der Waals surface area contributed by atoms with Gasteiger partial charge in [0, 0.05) is 50.4 Å². The molecule has 0 spiro atoms. The number of anilines is 5. The van der Waals surface area contributed by atoms with E-state index in [4.69, 9.17) is 5.11 Å². The number of rotatable bonds is 7. The third-order valence-corrected chi connectivity index (χ3v) is 7.73. The lowest BCUT2D eigenvalue weighted by molar-refractivity contribution is -0.117. The molecule has 4 rings (SSSR count). The highest BCUT2D eigenvalue weighted by Crippen LogP contribution is 2.33. The number of carboxylic acid groups (broad SMARTS) is 1. The maximum absolute atomic E-state index is 12.5. The van der Waals surface area contributed by atoms with Crippen molar-refractivity contribution in [3.63, 3.8) is 0 Å². The van der Waals surface area contributed by atoms with Crippen LogP contribution in [-0.4, -0.2) is 91.9 Å². The lowest BCUT2D eigenvalue weighted by Crippen LogP contribution is -2.47. The number of hydrogen-bond donors (Lipinski definition) is 4. The van der Waals surface area contributed by atoms with Crippen molar-refractivity contribution in [1.82, 2.24) is 20.2 Å². The molecule has 39 heavy (non-hydrogen) atoms. The first kappa shape index (κ1) is 27.9. The van der Waals surface area contributed by atoms with Crippen LogP contribution in [0.2, 0.25) is 0 Å². The van der Waals surface area contributed by atoms with E-state index in [0.29, 0.717) is 36.7 Å². The topological polar surface area (TPSA) is 177 Å². The fourth-order valence-electron chi connectivity index (χ4n) is 4.43. The second kappa shape index (κ2) is 10.9. The number of aromatic nitrogens is 2. The zero-order chi connectivity index (χ0) is 28.5. The lowest BCUT2D eigenvalue weighted by Gasteiger charge is -2.36. The molecule has 0 radical (unpaired) electrons. The summed E-state index contributed by atoms with van der Waals surface area (Å²) >= 11 is 0. The molecule has 2 aliphatic rings. The highest BCUT2D eigenvalue weighted by Gasteiger charge is 2.30. The zero-order valence-electron chi connectivity index (χ0n) is 22.1. The van der Waals surface area contributed by atoms with Crippen LogP contribution in [0, 0.1) is 5.92 Å². The molecule has 15 heteroatoms. The van der Waals surface area contributed by atoms with Crippen molar-refractivity contribution in [2.24, 2.45) is 5.92 Å². The van der Waals surface area contributed by atoms with E-state index in [1.54, 1.807) is 13.1 Å². The first-order chi connectivity index (χ1) is 18.3. The van der Waals surface area contributed by atoms with Gasteiger partial charge in [-0.05, 0) is 44.4 Å². The van der Waals surface area contributed by atoms with E-state index < -0.39 is 22.0 Å². The maximum atomic E-state index is 12.5. The fraction of sp³-hybridized carbons (Fsp3) is 0.458. The molecule has 1 aromatic heterocycles. The molecule has 14 nitrogen and oxygen atoms in total. The molecule has 0 bridgehead atoms. The van der Waals surface area contributed by atoms with Crippen LogP contribution >= 0.6 is 0 Å². The van der Waals surface area contributed by atoms with Gasteiger partial charge in [0.2, 0.25) is 11.9 Å². The number of urea groups is 1. The van der Waals surface area contributed by atoms with Crippen molar-refractivity contribution in [2.75, 3.05) is 59.9 Å². The summed E-state index contributed by atoms with van der Waals surface area (Å²) in [6.45, 7) is 5.10. The third-order valence-electron chi connectivity index (χ3n) is 6.64. The molecule has 1 aromatic carbocycles. The van der Waals surface area contributed by atoms with E-state index in [1.807, 2.05) is 18.7 Å². The second-order valence-electron chi connectivity index (χ2n) is 9.94. The Balaban J connectivity index is 1.52. The highest BCUT2D eigenvalue weighted by molar-refractivity contribution is 7.90. The van der Waals surface area contributed by atoms with Crippen molar-refractivity contribution < 1.29 is 27.9 Å². The quantitative estimate of drug-likeness (QED) is 0.391. The van der Waals surface area contributed by atoms with Crippen LogP contribution in [0.3, 0.4) is 0 Å². The summed E-state index contributed by atoms with van der Waals surface area (Å²) in [4.78, 5) is 49.5. The summed E-state index contributed by atoms with van der Waals surface area (Å²) in [5.74, 6) is 0.664. The van der Waals surface area contributed by atoms with Gasteiger partial charge in [-0.3, -0.25) is 4.79 Å². The van der Waals surface area contributed by atoms with Gasteiger partial charge in [-0.2, -0.15) is 4.98 Å². The van der Waals surface area contributed by atoms with Crippen LogP contribution in [0.15, 0.2) is 29.3 Å². The molecule has 3 heterocycles. The Morgan fingerprint density at radius 3 is 2.56 bits per heavy atom. The fourth-order valence-corrected chi connectivity index (χ4v) is 5.12. The number of carbonyl (C=O) groups excluding carboxylic acids is 2. The molecular formula is C24H32N8O6S. The number of sulfone groups is 1. The zero-order valence-corrected chi connectivity index (χ0v) is 22.9. The van der Waals surface area contributed by atoms with Crippen LogP contribution in [0.5, 0.6) is 0 Å². The Morgan fingerprint density at radius 2 is 1.92 bits per heavy atom. The minimum atomic E-state index is -3.63. The van der Waals surface area contributed by atoms with E-state index in [2.05, 4.69) is 25.9 Å². The van der Waals surface area contributed by atoms with Crippen LogP contribution in [-0.2, 0) is 14.6 Å². The molecule has 1 saturated heterocycles. The Bertz CT molecular complexity index is 1400. The smallest absolute Gasteiger partial charge is 0.407 e. The number of carbonyl (C=O) groups is 3. The largest absolute Gasteiger partial charge is 0.465 e. The van der Waals surface area contributed by atoms with Crippen molar-refractivity contribution in [3.05, 3.63) is 24.4 Å². The number of fused-ring (bicyclic) bond motifs is 1. The van der Waals surface area contributed by atoms with E-state index in [9.17, 15) is 22.8 Å². The first-order valence-corrected chi connectivity index (χ1v) is 14.3. The number of nitrogens with one attached hydrogen (secondary N) is 3. The summed E-state index contributed by atoms with van der Waals surface area (Å²) in [7, 11) is -1.97. The summed E-state index contributed by atoms with van der Waals surface area (Å²) in [6.07, 6.45) is 2.24. The van der Waals surface area contributed by atoms with Crippen LogP contribution in [0.25, 0.3) is 0 Å². The molecule has 2 aromatic rings. The van der Waals surface area contributed by atoms with Crippen LogP contribution in [0.1, 0.15) is 20.3 Å². The summed E-state index contributed by atoms with van der Waals surface area (Å²) in [5.41, 5.74) is 1.11. The summed E-state index contributed by atoms with van der Waals surface area (Å²) in [6, 6.07) is 3.76. The van der Waals surface area contributed by atoms with E-state index in [0.717, 1.165) is 6.26 Å². The minimum absolute atomic E-state index is 0.00320. The van der Waals surface area contributed by atoms with Crippen LogP contribution in [0.4, 0.5) is 38.4 Å². The van der Waals surface area contributed by atoms with E-state index in [-0.39, 0.29) is 47.5 Å². The number of likely N-dealkylation sites (N-methyl/N-ethyl adjacent to an activating group) is 1. The average Bonchev–Trinajstić information content (AvgIpc) is 3.34. The number of benzene rings is 1. The summed E-state index contributed by atoms with van der Waals surface area (Å²) in [5, 5.41) is 17.5. The van der Waals surface area contributed by atoms with Crippen molar-refractivity contribution in [1.29, 1.82) is 0 Å². The standard InChI is InChI=1S/C24H32N8O6S/c1-14(2)32-13-20(33)30(3)19-11-25-22(29-21(19)32)27-16-7-17(9-18(8-16)39(4,37)38)28-23(34)26-10-15-5-6-31(12-15)24(35)36/h7-9,11,14-15H,5-6,10,12-13H2,1-4H3,(H,35,36)(H,25,27,29)(H2,26,28,34)/t15-/m0/s1. The van der Waals surface area contributed by atoms with Gasteiger partial charge in [0.15, 0.2) is 15.7 Å². The molecule has 2 aliphatic heterocycles. The molecule has 0 aliphatic carbocycles. The number of nitrogens with zero attached hydrogens (tertiary/aromatic N) is 5. The van der Waals surface area contributed by atoms with Crippen molar-refractivity contribution >= 4 is 56.7 Å². The number of hydrogen-bond acceptors (Lipinski definition) is 9. The maximum Gasteiger partial charge on any atom is 0.407 e. The minimum Gasteiger partial charge on any atom is -0.465 e. The van der Waals surface area contributed by atoms with Gasteiger partial charge in [0.25, 0.3) is 0 Å². The lowest BCUT2D eigenvalue weighted by atomic mass is 10.1. The first-order valence-electron chi connectivity index (χ1n) is 12.4. The Kier molecular flexibility index (Phi) is 7.81. The van der Waals surface area contributed by atoms with Gasteiger partial charge >= 0.3 is 12.1 Å². The summed E-state index contributed by atoms with van der Waals surface area (Å²) < 4.78 is 24.7. The highest BCUT2D eigenvalue weighted by atomic mass is 32.2. The third kappa shape index (κ3) is 6.47. The van der Waals surface area contributed by atoms with E-state index in [1.165, 1.54) is 28.1 Å². The molecule has 0 saturated carbocycles. The number of likely N-dealkylation sites (tertiary alicyclic amines) is 1. The molecule has 1 atom stereocenters. The molecule has 4 N–H and O–H groups in total. The van der Waals surface area contributed by atoms with E-state index >= 15 is 0 Å². The predicted octanol–water partition coefficient (Wildman–Crippen LogP) is 1.94. The van der Waals surface area contributed by atoms with Gasteiger partial charge in [0.1, 0.15) is 5.69 Å². The Hall–Kier alpha value is -4.14. The molecular weight excluding hydrogens is 528 g/mol. The average molecular weight is 561 g/mol. The molecule has 4 amide bonds. The molecule has 0 unspecified atom stereocenters. The van der Waals surface area contributed by atoms with Crippen molar-refractivity contribution in [3.8, 4) is 0 Å². The van der Waals surface area contributed by atoms with Gasteiger partial charge < -0.3 is 35.8 Å². The van der Waals surface area contributed by atoms with Gasteiger partial charge in [-0.25, -0.2) is 23.0 Å². The number of amides is 4. The molecule has 1 fully saturated rings.